The van der Waals surface area contributed by atoms with E-state index in [1.807, 2.05) is 0 Å². The van der Waals surface area contributed by atoms with Crippen molar-refractivity contribution in [2.24, 2.45) is 4.99 Å². The summed E-state index contributed by atoms with van der Waals surface area (Å²) in [6.45, 7) is 0. The molecule has 1 aromatic rings. The zero-order valence-electron chi connectivity index (χ0n) is 9.94. The number of halogens is 2. The molecule has 0 bridgehead atoms. The second-order valence-electron chi connectivity index (χ2n) is 3.37. The molecule has 0 aliphatic rings. The van der Waals surface area contributed by atoms with Gasteiger partial charge in [-0.1, -0.05) is 11.8 Å². The molecule has 0 amide bonds. The summed E-state index contributed by atoms with van der Waals surface area (Å²) < 4.78 is 49.7. The van der Waals surface area contributed by atoms with Gasteiger partial charge in [0.05, 0.1) is 4.90 Å². The number of hydrogen-bond acceptors (Lipinski definition) is 5. The molecule has 5 nitrogen and oxygen atoms in total. The molecular weight excluding hydrogens is 296 g/mol. The third kappa shape index (κ3) is 3.90. The first kappa shape index (κ1) is 15.4. The van der Waals surface area contributed by atoms with E-state index in [0.717, 1.165) is 18.0 Å². The highest BCUT2D eigenvalue weighted by Gasteiger charge is 2.16. The van der Waals surface area contributed by atoms with Crippen molar-refractivity contribution in [3.63, 3.8) is 0 Å². The van der Waals surface area contributed by atoms with Gasteiger partial charge in [0.15, 0.2) is 32.8 Å². The number of nitriles is 1. The lowest BCUT2D eigenvalue weighted by Crippen LogP contribution is -2.13. The molecule has 0 saturated heterocycles. The second kappa shape index (κ2) is 5.99. The van der Waals surface area contributed by atoms with Crippen LogP contribution < -0.4 is 5.32 Å². The van der Waals surface area contributed by atoms with Gasteiger partial charge in [-0.15, -0.1) is 0 Å². The largest absolute Gasteiger partial charge is 0.271 e. The molecule has 19 heavy (non-hydrogen) atoms. The number of hydrogen-bond donors (Lipinski definition) is 1. The summed E-state index contributed by atoms with van der Waals surface area (Å²) in [7, 11) is -3.71. The van der Waals surface area contributed by atoms with E-state index in [4.69, 9.17) is 5.26 Å². The van der Waals surface area contributed by atoms with Crippen molar-refractivity contribution in [3.8, 4) is 6.19 Å². The van der Waals surface area contributed by atoms with Crippen LogP contribution in [0, 0.1) is 23.1 Å². The average Bonchev–Trinajstić information content (AvgIpc) is 2.30. The first-order chi connectivity index (χ1) is 8.79. The van der Waals surface area contributed by atoms with E-state index in [2.05, 4.69) is 10.3 Å². The molecule has 0 atom stereocenters. The molecule has 1 N–H and O–H groups in total. The van der Waals surface area contributed by atoms with Crippen LogP contribution in [0.4, 0.5) is 14.5 Å². The lowest BCUT2D eigenvalue weighted by molar-refractivity contribution is 0.572. The molecular formula is C10H9F2N3O2S2. The Kier molecular flexibility index (Phi) is 4.85. The standard InChI is InChI=1S/C10H9F2N3O2S2/c1-18-10(14-5-13)15-9-7(11)3-6(4-8(9)12)19(2,16)17/h3-4H,1-2H3,(H,14,15). The minimum Gasteiger partial charge on any atom is -0.271 e. The predicted molar refractivity (Wildman–Crippen MR) is 68.8 cm³/mol. The molecule has 0 saturated carbocycles. The summed E-state index contributed by atoms with van der Waals surface area (Å²) in [5, 5.41) is 10.6. The van der Waals surface area contributed by atoms with E-state index in [9.17, 15) is 17.2 Å². The molecule has 0 unspecified atom stereocenters. The van der Waals surface area contributed by atoms with E-state index < -0.39 is 32.1 Å². The lowest BCUT2D eigenvalue weighted by Gasteiger charge is -2.05. The number of aliphatic imine (C=N–C) groups is 1. The highest BCUT2D eigenvalue weighted by Crippen LogP contribution is 2.26. The van der Waals surface area contributed by atoms with Crippen LogP contribution in [0.15, 0.2) is 22.0 Å². The normalized spacial score (nSPS) is 12.1. The molecule has 0 aliphatic heterocycles. The quantitative estimate of drug-likeness (QED) is 0.390. The Hall–Kier alpha value is -1.66. The highest BCUT2D eigenvalue weighted by molar-refractivity contribution is 8.13. The Morgan fingerprint density at radius 1 is 1.42 bits per heavy atom. The molecule has 0 radical (unpaired) electrons. The number of nitrogens with zero attached hydrogens (tertiary/aromatic N) is 2. The van der Waals surface area contributed by atoms with Crippen LogP contribution in [0.5, 0.6) is 0 Å². The maximum Gasteiger partial charge on any atom is 0.183 e. The summed E-state index contributed by atoms with van der Waals surface area (Å²) in [4.78, 5) is 3.12. The van der Waals surface area contributed by atoms with Gasteiger partial charge in [-0.25, -0.2) is 22.2 Å². The lowest BCUT2D eigenvalue weighted by atomic mass is 10.3. The summed E-state index contributed by atoms with van der Waals surface area (Å²) in [5.41, 5.74) is -0.653. The van der Waals surface area contributed by atoms with Gasteiger partial charge in [0.2, 0.25) is 0 Å². The van der Waals surface area contributed by atoms with Crippen LogP contribution in [0.2, 0.25) is 0 Å². The smallest absolute Gasteiger partial charge is 0.183 e. The van der Waals surface area contributed by atoms with Crippen LogP contribution >= 0.6 is 11.8 Å². The van der Waals surface area contributed by atoms with Crippen molar-refractivity contribution in [1.82, 2.24) is 5.32 Å². The molecule has 0 fully saturated rings. The van der Waals surface area contributed by atoms with Crippen molar-refractivity contribution in [2.45, 2.75) is 4.90 Å². The number of thioether (sulfide) groups is 1. The van der Waals surface area contributed by atoms with Gasteiger partial charge < -0.3 is 0 Å². The van der Waals surface area contributed by atoms with Gasteiger partial charge in [0, 0.05) is 6.26 Å². The maximum atomic E-state index is 13.6. The van der Waals surface area contributed by atoms with Crippen LogP contribution in [-0.2, 0) is 9.84 Å². The summed E-state index contributed by atoms with van der Waals surface area (Å²) in [6.07, 6.45) is 3.97. The first-order valence-electron chi connectivity index (χ1n) is 4.76. The van der Waals surface area contributed by atoms with Crippen molar-refractivity contribution in [2.75, 3.05) is 12.5 Å². The van der Waals surface area contributed by atoms with Gasteiger partial charge in [-0.05, 0) is 18.4 Å². The predicted octanol–water partition coefficient (Wildman–Crippen LogP) is 1.79. The molecule has 9 heteroatoms. The van der Waals surface area contributed by atoms with Crippen LogP contribution in [0.1, 0.15) is 0 Å². The van der Waals surface area contributed by atoms with Crippen molar-refractivity contribution in [1.29, 1.82) is 5.26 Å². The Bertz CT molecular complexity index is 643. The zero-order chi connectivity index (χ0) is 14.6. The second-order valence-corrected chi connectivity index (χ2v) is 6.18. The molecule has 0 spiro atoms. The van der Waals surface area contributed by atoms with Gasteiger partial charge in [0.25, 0.3) is 0 Å². The number of nitrogens with one attached hydrogen (secondary N) is 1. The van der Waals surface area contributed by atoms with Gasteiger partial charge in [0.1, 0.15) is 5.69 Å². The van der Waals surface area contributed by atoms with E-state index in [-0.39, 0.29) is 5.17 Å². The fraction of sp³-hybridized carbons (Fsp3) is 0.200. The third-order valence-electron chi connectivity index (χ3n) is 1.99. The molecule has 0 aliphatic carbocycles. The zero-order valence-corrected chi connectivity index (χ0v) is 11.6. The Labute approximate surface area is 113 Å². The van der Waals surface area contributed by atoms with E-state index >= 15 is 0 Å². The summed E-state index contributed by atoms with van der Waals surface area (Å²) in [5.74, 6) is -2.24. The van der Waals surface area contributed by atoms with Crippen molar-refractivity contribution < 1.29 is 17.2 Å². The Balaban J connectivity index is 3.37. The van der Waals surface area contributed by atoms with Crippen molar-refractivity contribution >= 4 is 32.5 Å². The van der Waals surface area contributed by atoms with Gasteiger partial charge in [-0.3, -0.25) is 5.32 Å². The van der Waals surface area contributed by atoms with Gasteiger partial charge >= 0.3 is 0 Å². The monoisotopic (exact) mass is 305 g/mol. The number of amidine groups is 1. The SMILES string of the molecule is CSC(=Nc1c(F)cc(S(C)(=O)=O)cc1F)NC#N. The molecule has 1 rings (SSSR count). The minimum atomic E-state index is -3.71. The van der Waals surface area contributed by atoms with Crippen LogP contribution in [0.3, 0.4) is 0 Å². The van der Waals surface area contributed by atoms with E-state index in [1.54, 1.807) is 12.4 Å². The van der Waals surface area contributed by atoms with Crippen molar-refractivity contribution in [3.05, 3.63) is 23.8 Å². The molecule has 1 aromatic carbocycles. The number of benzene rings is 1. The molecule has 0 aromatic heterocycles. The topological polar surface area (TPSA) is 82.3 Å². The number of sulfone groups is 1. The third-order valence-corrected chi connectivity index (χ3v) is 3.66. The fourth-order valence-corrected chi connectivity index (χ4v) is 2.10. The first-order valence-corrected chi connectivity index (χ1v) is 7.88. The van der Waals surface area contributed by atoms with E-state index in [0.29, 0.717) is 12.1 Å². The van der Waals surface area contributed by atoms with Crippen LogP contribution in [0.25, 0.3) is 0 Å². The molecule has 102 valence electrons. The number of rotatable bonds is 2. The summed E-state index contributed by atoms with van der Waals surface area (Å²) in [6, 6.07) is 1.36. The maximum absolute atomic E-state index is 13.6. The minimum absolute atomic E-state index is 0.00703. The molecule has 0 heterocycles. The Morgan fingerprint density at radius 3 is 2.32 bits per heavy atom. The summed E-state index contributed by atoms with van der Waals surface area (Å²) >= 11 is 0.981. The average molecular weight is 305 g/mol. The van der Waals surface area contributed by atoms with Gasteiger partial charge in [-0.2, -0.15) is 5.26 Å². The van der Waals surface area contributed by atoms with E-state index in [1.165, 1.54) is 0 Å². The fourth-order valence-electron chi connectivity index (χ4n) is 1.14. The Morgan fingerprint density at radius 2 is 1.95 bits per heavy atom. The van der Waals surface area contributed by atoms with Crippen LogP contribution in [-0.4, -0.2) is 26.1 Å². The highest BCUT2D eigenvalue weighted by atomic mass is 32.2.